The average molecular weight is 305 g/mol. The van der Waals surface area contributed by atoms with Crippen LogP contribution < -0.4 is 5.73 Å². The van der Waals surface area contributed by atoms with Crippen molar-refractivity contribution < 1.29 is 9.53 Å². The predicted molar refractivity (Wildman–Crippen MR) is 83.0 cm³/mol. The van der Waals surface area contributed by atoms with Crippen LogP contribution in [-0.4, -0.2) is 42.1 Å². The second kappa shape index (κ2) is 8.20. The average Bonchev–Trinajstić information content (AvgIpc) is 2.89. The molecule has 1 aliphatic carbocycles. The molecule has 2 rings (SSSR count). The van der Waals surface area contributed by atoms with E-state index in [9.17, 15) is 4.79 Å². The van der Waals surface area contributed by atoms with Gasteiger partial charge in [-0.05, 0) is 51.4 Å². The molecule has 0 aromatic heterocycles. The van der Waals surface area contributed by atoms with Crippen molar-refractivity contribution in [1.82, 2.24) is 4.90 Å². The third kappa shape index (κ3) is 4.61. The molecule has 5 heteroatoms. The zero-order chi connectivity index (χ0) is 13.8. The summed E-state index contributed by atoms with van der Waals surface area (Å²) in [4.78, 5) is 14.4. The maximum absolute atomic E-state index is 12.4. The Kier molecular flexibility index (Phi) is 7.27. The summed E-state index contributed by atoms with van der Waals surface area (Å²) in [7, 11) is 0. The van der Waals surface area contributed by atoms with E-state index in [4.69, 9.17) is 10.5 Å². The monoisotopic (exact) mass is 304 g/mol. The van der Waals surface area contributed by atoms with Gasteiger partial charge in [0.05, 0.1) is 12.1 Å². The normalized spacial score (nSPS) is 31.4. The van der Waals surface area contributed by atoms with E-state index in [1.165, 1.54) is 12.8 Å². The van der Waals surface area contributed by atoms with Crippen LogP contribution in [0.2, 0.25) is 0 Å². The summed E-state index contributed by atoms with van der Waals surface area (Å²) in [6.07, 6.45) is 7.09. The molecular formula is C15H29ClN2O2. The number of ether oxygens (including phenoxy) is 1. The molecule has 0 aromatic carbocycles. The van der Waals surface area contributed by atoms with E-state index in [1.54, 1.807) is 6.92 Å². The van der Waals surface area contributed by atoms with E-state index in [2.05, 4.69) is 6.92 Å². The van der Waals surface area contributed by atoms with Crippen molar-refractivity contribution in [3.8, 4) is 0 Å². The highest BCUT2D eigenvalue weighted by atomic mass is 35.5. The van der Waals surface area contributed by atoms with Gasteiger partial charge in [-0.2, -0.15) is 0 Å². The van der Waals surface area contributed by atoms with Crippen molar-refractivity contribution in [3.63, 3.8) is 0 Å². The Bertz CT molecular complexity index is 298. The van der Waals surface area contributed by atoms with Gasteiger partial charge in [0.15, 0.2) is 0 Å². The van der Waals surface area contributed by atoms with E-state index < -0.39 is 6.04 Å². The summed E-state index contributed by atoms with van der Waals surface area (Å²) >= 11 is 0. The molecular weight excluding hydrogens is 276 g/mol. The van der Waals surface area contributed by atoms with Crippen LogP contribution in [0, 0.1) is 5.92 Å². The van der Waals surface area contributed by atoms with Crippen molar-refractivity contribution in [3.05, 3.63) is 0 Å². The minimum absolute atomic E-state index is 0. The van der Waals surface area contributed by atoms with Crippen molar-refractivity contribution >= 4 is 18.3 Å². The summed E-state index contributed by atoms with van der Waals surface area (Å²) in [5.74, 6) is 0.890. The summed E-state index contributed by atoms with van der Waals surface area (Å²) in [5, 5.41) is 0. The molecule has 2 N–H and O–H groups in total. The van der Waals surface area contributed by atoms with Gasteiger partial charge < -0.3 is 15.4 Å². The number of carbonyl (C=O) groups is 1. The van der Waals surface area contributed by atoms with Crippen LogP contribution in [0.4, 0.5) is 0 Å². The van der Waals surface area contributed by atoms with E-state index in [0.717, 1.165) is 44.8 Å². The van der Waals surface area contributed by atoms with Gasteiger partial charge in [-0.3, -0.25) is 4.79 Å². The standard InChI is InChI=1S/C15H28N2O2.ClH/c1-11-5-7-13(8-6-11)17(15(18)12(2)16)10-14-4-3-9-19-14;/h11-14H,3-10,16H2,1-2H3;1H/t11?,12-,13?,14?;/m0./s1. The largest absolute Gasteiger partial charge is 0.376 e. The molecule has 1 unspecified atom stereocenters. The van der Waals surface area contributed by atoms with Crippen LogP contribution >= 0.6 is 12.4 Å². The zero-order valence-corrected chi connectivity index (χ0v) is 13.5. The first kappa shape index (κ1) is 17.7. The summed E-state index contributed by atoms with van der Waals surface area (Å²) in [6, 6.07) is -0.0281. The molecule has 118 valence electrons. The second-order valence-electron chi connectivity index (χ2n) is 6.33. The molecule has 0 spiro atoms. The number of nitrogens with two attached hydrogens (primary N) is 1. The topological polar surface area (TPSA) is 55.6 Å². The molecule has 1 saturated carbocycles. The first-order valence-corrected chi connectivity index (χ1v) is 7.75. The predicted octanol–water partition coefficient (Wildman–Crippen LogP) is 2.34. The number of nitrogens with zero attached hydrogens (tertiary/aromatic N) is 1. The fourth-order valence-corrected chi connectivity index (χ4v) is 3.24. The Morgan fingerprint density at radius 1 is 1.30 bits per heavy atom. The molecule has 1 heterocycles. The van der Waals surface area contributed by atoms with Gasteiger partial charge in [0.25, 0.3) is 0 Å². The van der Waals surface area contributed by atoms with Gasteiger partial charge in [0, 0.05) is 19.2 Å². The third-order valence-electron chi connectivity index (χ3n) is 4.52. The van der Waals surface area contributed by atoms with Crippen LogP contribution in [0.25, 0.3) is 0 Å². The maximum atomic E-state index is 12.4. The lowest BCUT2D eigenvalue weighted by molar-refractivity contribution is -0.137. The number of halogens is 1. The SMILES string of the molecule is CC1CCC(N(CC2CCCO2)C(=O)[C@H](C)N)CC1.Cl. The first-order valence-electron chi connectivity index (χ1n) is 7.75. The lowest BCUT2D eigenvalue weighted by Crippen LogP contribution is -2.51. The molecule has 0 aromatic rings. The number of hydrogen-bond donors (Lipinski definition) is 1. The summed E-state index contributed by atoms with van der Waals surface area (Å²) in [5.41, 5.74) is 5.81. The molecule has 2 fully saturated rings. The molecule has 20 heavy (non-hydrogen) atoms. The number of amides is 1. The van der Waals surface area contributed by atoms with Crippen LogP contribution in [-0.2, 0) is 9.53 Å². The highest BCUT2D eigenvalue weighted by Gasteiger charge is 2.31. The third-order valence-corrected chi connectivity index (χ3v) is 4.52. The molecule has 2 atom stereocenters. The molecule has 0 bridgehead atoms. The highest BCUT2D eigenvalue weighted by Crippen LogP contribution is 2.28. The van der Waals surface area contributed by atoms with Crippen LogP contribution in [0.3, 0.4) is 0 Å². The van der Waals surface area contributed by atoms with Gasteiger partial charge in [0.1, 0.15) is 0 Å². The van der Waals surface area contributed by atoms with Crippen molar-refractivity contribution in [2.45, 2.75) is 70.6 Å². The fraction of sp³-hybridized carbons (Fsp3) is 0.933. The second-order valence-corrected chi connectivity index (χ2v) is 6.33. The van der Waals surface area contributed by atoms with E-state index in [-0.39, 0.29) is 24.4 Å². The van der Waals surface area contributed by atoms with Crippen molar-refractivity contribution in [1.29, 1.82) is 0 Å². The van der Waals surface area contributed by atoms with E-state index in [0.29, 0.717) is 6.04 Å². The molecule has 0 radical (unpaired) electrons. The van der Waals surface area contributed by atoms with Crippen LogP contribution in [0.1, 0.15) is 52.4 Å². The van der Waals surface area contributed by atoms with Gasteiger partial charge in [-0.25, -0.2) is 0 Å². The lowest BCUT2D eigenvalue weighted by Gasteiger charge is -2.38. The fourth-order valence-electron chi connectivity index (χ4n) is 3.24. The molecule has 4 nitrogen and oxygen atoms in total. The number of hydrogen-bond acceptors (Lipinski definition) is 3. The Morgan fingerprint density at radius 3 is 2.45 bits per heavy atom. The van der Waals surface area contributed by atoms with Gasteiger partial charge in [-0.1, -0.05) is 6.92 Å². The highest BCUT2D eigenvalue weighted by molar-refractivity contribution is 5.85. The maximum Gasteiger partial charge on any atom is 0.239 e. The smallest absolute Gasteiger partial charge is 0.239 e. The Morgan fingerprint density at radius 2 is 1.95 bits per heavy atom. The van der Waals surface area contributed by atoms with Crippen molar-refractivity contribution in [2.75, 3.05) is 13.2 Å². The summed E-state index contributed by atoms with van der Waals surface area (Å²) in [6.45, 7) is 5.66. The summed E-state index contributed by atoms with van der Waals surface area (Å²) < 4.78 is 5.69. The van der Waals surface area contributed by atoms with Crippen molar-refractivity contribution in [2.24, 2.45) is 11.7 Å². The zero-order valence-electron chi connectivity index (χ0n) is 12.7. The molecule has 1 saturated heterocycles. The minimum atomic E-state index is -0.402. The Balaban J connectivity index is 0.00000200. The quantitative estimate of drug-likeness (QED) is 0.867. The van der Waals surface area contributed by atoms with Gasteiger partial charge in [-0.15, -0.1) is 12.4 Å². The minimum Gasteiger partial charge on any atom is -0.376 e. The number of carbonyl (C=O) groups excluding carboxylic acids is 1. The van der Waals surface area contributed by atoms with Crippen LogP contribution in [0.15, 0.2) is 0 Å². The molecule has 1 amide bonds. The van der Waals surface area contributed by atoms with Crippen LogP contribution in [0.5, 0.6) is 0 Å². The van der Waals surface area contributed by atoms with Gasteiger partial charge in [0.2, 0.25) is 5.91 Å². The van der Waals surface area contributed by atoms with E-state index >= 15 is 0 Å². The lowest BCUT2D eigenvalue weighted by atomic mass is 9.86. The Hall–Kier alpha value is -0.320. The molecule has 1 aliphatic heterocycles. The Labute approximate surface area is 128 Å². The van der Waals surface area contributed by atoms with Gasteiger partial charge >= 0.3 is 0 Å². The van der Waals surface area contributed by atoms with E-state index in [1.807, 2.05) is 4.90 Å². The molecule has 2 aliphatic rings. The number of rotatable bonds is 4. The first-order chi connectivity index (χ1) is 9.08.